The summed E-state index contributed by atoms with van der Waals surface area (Å²) in [6.45, 7) is 15.9. The quantitative estimate of drug-likeness (QED) is 0.549. The van der Waals surface area contributed by atoms with E-state index in [1.54, 1.807) is 0 Å². The van der Waals surface area contributed by atoms with Gasteiger partial charge in [0.1, 0.15) is 0 Å². The van der Waals surface area contributed by atoms with Crippen molar-refractivity contribution >= 4 is 0 Å². The van der Waals surface area contributed by atoms with Crippen molar-refractivity contribution in [2.75, 3.05) is 0 Å². The smallest absolute Gasteiger partial charge is 0.0247 e. The van der Waals surface area contributed by atoms with Gasteiger partial charge in [0.2, 0.25) is 0 Å². The minimum atomic E-state index is 1.08. The molecule has 0 aromatic heterocycles. The predicted molar refractivity (Wildman–Crippen MR) is 57.1 cm³/mol. The van der Waals surface area contributed by atoms with Crippen molar-refractivity contribution in [3.05, 3.63) is 47.6 Å². The second-order valence-corrected chi connectivity index (χ2v) is 3.16. The molecule has 0 aliphatic heterocycles. The first-order valence-electron chi connectivity index (χ1n) is 4.15. The molecule has 0 atom stereocenters. The number of hydrogen-bond acceptors (Lipinski definition) is 0. The van der Waals surface area contributed by atoms with Crippen LogP contribution in [0.5, 0.6) is 0 Å². The van der Waals surface area contributed by atoms with Crippen LogP contribution in [0.4, 0.5) is 0 Å². The highest BCUT2D eigenvalue weighted by Crippen LogP contribution is 2.17. The average Bonchev–Trinajstić information content (AvgIpc) is 1.85. The maximum Gasteiger partial charge on any atom is -0.0247 e. The second-order valence-electron chi connectivity index (χ2n) is 3.16. The summed E-state index contributed by atoms with van der Waals surface area (Å²) in [5, 5.41) is 0. The molecule has 0 amide bonds. The lowest BCUT2D eigenvalue weighted by atomic mass is 10.00. The lowest BCUT2D eigenvalue weighted by Crippen LogP contribution is -1.86. The Balaban J connectivity index is 4.78. The van der Waals surface area contributed by atoms with E-state index >= 15 is 0 Å². The van der Waals surface area contributed by atoms with Gasteiger partial charge in [-0.15, -0.1) is 0 Å². The van der Waals surface area contributed by atoms with Gasteiger partial charge in [-0.3, -0.25) is 0 Å². The molecule has 0 heteroatoms. The van der Waals surface area contributed by atoms with Gasteiger partial charge in [0.15, 0.2) is 0 Å². The van der Waals surface area contributed by atoms with Gasteiger partial charge in [0.05, 0.1) is 0 Å². The molecule has 12 heavy (non-hydrogen) atoms. The second kappa shape index (κ2) is 4.76. The number of hydrogen-bond donors (Lipinski definition) is 0. The maximum absolute atomic E-state index is 3.92. The van der Waals surface area contributed by atoms with E-state index in [2.05, 4.69) is 32.2 Å². The summed E-state index contributed by atoms with van der Waals surface area (Å²) in [4.78, 5) is 0. The zero-order chi connectivity index (χ0) is 9.72. The van der Waals surface area contributed by atoms with E-state index in [1.807, 2.05) is 20.8 Å². The molecule has 0 unspecified atom stereocenters. The predicted octanol–water partition coefficient (Wildman–Crippen LogP) is 4.03. The number of rotatable bonds is 3. The zero-order valence-electron chi connectivity index (χ0n) is 8.57. The summed E-state index contributed by atoms with van der Waals surface area (Å²) in [6.07, 6.45) is 4.15. The first-order chi connectivity index (χ1) is 5.49. The molecule has 0 heterocycles. The fourth-order valence-electron chi connectivity index (χ4n) is 1.26. The van der Waals surface area contributed by atoms with Crippen LogP contribution >= 0.6 is 0 Å². The van der Waals surface area contributed by atoms with Crippen LogP contribution in [0.2, 0.25) is 0 Å². The van der Waals surface area contributed by atoms with Crippen LogP contribution in [-0.4, -0.2) is 0 Å². The molecule has 0 rings (SSSR count). The molecule has 0 aliphatic carbocycles. The molecular weight excluding hydrogens is 144 g/mol. The van der Waals surface area contributed by atoms with Crippen LogP contribution in [0.15, 0.2) is 47.6 Å². The van der Waals surface area contributed by atoms with E-state index in [4.69, 9.17) is 0 Å². The summed E-state index contributed by atoms with van der Waals surface area (Å²) >= 11 is 0. The topological polar surface area (TPSA) is 0 Å². The normalized spacial score (nSPS) is 13.0. The Hall–Kier alpha value is -1.04. The third-order valence-electron chi connectivity index (χ3n) is 1.64. The molecule has 0 aliphatic rings. The van der Waals surface area contributed by atoms with E-state index in [9.17, 15) is 0 Å². The largest absolute Gasteiger partial charge is 0.0961 e. The van der Waals surface area contributed by atoms with Gasteiger partial charge >= 0.3 is 0 Å². The lowest BCUT2D eigenvalue weighted by Gasteiger charge is -2.06. The van der Waals surface area contributed by atoms with E-state index in [-0.39, 0.29) is 0 Å². The molecular formula is C12H18. The van der Waals surface area contributed by atoms with Crippen LogP contribution in [0.25, 0.3) is 0 Å². The summed E-state index contributed by atoms with van der Waals surface area (Å²) in [6, 6.07) is 0. The molecule has 0 spiro atoms. The van der Waals surface area contributed by atoms with Crippen molar-refractivity contribution in [1.82, 2.24) is 0 Å². The summed E-state index contributed by atoms with van der Waals surface area (Å²) in [5.74, 6) is 0. The van der Waals surface area contributed by atoms with Crippen LogP contribution in [-0.2, 0) is 0 Å². The van der Waals surface area contributed by atoms with Crippen molar-refractivity contribution in [1.29, 1.82) is 0 Å². The Bertz CT molecular complexity index is 249. The standard InChI is InChI=1S/C12H18/c1-7-12(10(4)5)11(6)8-9(2)3/h7-8H,2,4H2,1,3,5-6H3/b11-8+,12-7+. The SMILES string of the molecule is C=C(C)/C=C(C)/C(=C/C)C(=C)C. The zero-order valence-corrected chi connectivity index (χ0v) is 8.57. The van der Waals surface area contributed by atoms with Crippen molar-refractivity contribution in [2.24, 2.45) is 0 Å². The highest BCUT2D eigenvalue weighted by Gasteiger charge is 1.98. The molecule has 66 valence electrons. The molecule has 0 radical (unpaired) electrons. The van der Waals surface area contributed by atoms with E-state index in [0.29, 0.717) is 0 Å². The van der Waals surface area contributed by atoms with Gasteiger partial charge in [0.25, 0.3) is 0 Å². The molecule has 0 saturated heterocycles. The number of allylic oxidation sites excluding steroid dienone is 6. The Morgan fingerprint density at radius 3 is 1.83 bits per heavy atom. The van der Waals surface area contributed by atoms with Gasteiger partial charge in [-0.25, -0.2) is 0 Å². The molecule has 0 bridgehead atoms. The van der Waals surface area contributed by atoms with Crippen LogP contribution < -0.4 is 0 Å². The molecule has 0 fully saturated rings. The molecule has 0 nitrogen and oxygen atoms in total. The van der Waals surface area contributed by atoms with Crippen LogP contribution in [0.3, 0.4) is 0 Å². The van der Waals surface area contributed by atoms with Gasteiger partial charge in [0, 0.05) is 0 Å². The minimum Gasteiger partial charge on any atom is -0.0961 e. The van der Waals surface area contributed by atoms with E-state index in [0.717, 1.165) is 11.1 Å². The highest BCUT2D eigenvalue weighted by molar-refractivity contribution is 5.45. The fourth-order valence-corrected chi connectivity index (χ4v) is 1.26. The Labute approximate surface area is 76.0 Å². The van der Waals surface area contributed by atoms with Crippen molar-refractivity contribution < 1.29 is 0 Å². The molecule has 0 aromatic rings. The minimum absolute atomic E-state index is 1.08. The summed E-state index contributed by atoms with van der Waals surface area (Å²) < 4.78 is 0. The summed E-state index contributed by atoms with van der Waals surface area (Å²) in [7, 11) is 0. The van der Waals surface area contributed by atoms with Crippen molar-refractivity contribution in [3.63, 3.8) is 0 Å². The van der Waals surface area contributed by atoms with E-state index < -0.39 is 0 Å². The third-order valence-corrected chi connectivity index (χ3v) is 1.64. The monoisotopic (exact) mass is 162 g/mol. The van der Waals surface area contributed by atoms with Gasteiger partial charge < -0.3 is 0 Å². The van der Waals surface area contributed by atoms with Gasteiger partial charge in [-0.2, -0.15) is 0 Å². The first-order valence-corrected chi connectivity index (χ1v) is 4.15. The Kier molecular flexibility index (Phi) is 4.35. The van der Waals surface area contributed by atoms with Crippen LogP contribution in [0.1, 0.15) is 27.7 Å². The Morgan fingerprint density at radius 1 is 1.08 bits per heavy atom. The Morgan fingerprint density at radius 2 is 1.58 bits per heavy atom. The summed E-state index contributed by atoms with van der Waals surface area (Å²) in [5.41, 5.74) is 4.64. The lowest BCUT2D eigenvalue weighted by molar-refractivity contribution is 1.30. The fraction of sp³-hybridized carbons (Fsp3) is 0.333. The van der Waals surface area contributed by atoms with E-state index in [1.165, 1.54) is 11.1 Å². The third kappa shape index (κ3) is 3.38. The van der Waals surface area contributed by atoms with Crippen molar-refractivity contribution in [3.8, 4) is 0 Å². The van der Waals surface area contributed by atoms with Gasteiger partial charge in [-0.1, -0.05) is 36.5 Å². The van der Waals surface area contributed by atoms with Crippen molar-refractivity contribution in [2.45, 2.75) is 27.7 Å². The van der Waals surface area contributed by atoms with Gasteiger partial charge in [-0.05, 0) is 38.8 Å². The molecule has 0 N–H and O–H groups in total. The molecule has 0 aromatic carbocycles. The highest BCUT2D eigenvalue weighted by atomic mass is 14.0. The molecule has 0 saturated carbocycles. The average molecular weight is 162 g/mol. The first kappa shape index (κ1) is 11.0. The maximum atomic E-state index is 3.92. The van der Waals surface area contributed by atoms with Crippen LogP contribution in [0, 0.1) is 0 Å².